The van der Waals surface area contributed by atoms with Crippen LogP contribution < -0.4 is 0 Å². The third kappa shape index (κ3) is 4.04. The molecule has 0 saturated heterocycles. The molecule has 0 atom stereocenters. The summed E-state index contributed by atoms with van der Waals surface area (Å²) in [5.41, 5.74) is 2.25. The van der Waals surface area contributed by atoms with Crippen LogP contribution in [0.2, 0.25) is 0 Å². The number of nitrogens with one attached hydrogen (secondary N) is 2. The van der Waals surface area contributed by atoms with E-state index in [-0.39, 0.29) is 17.0 Å². The maximum Gasteiger partial charge on any atom is 0.180 e. The summed E-state index contributed by atoms with van der Waals surface area (Å²) in [7, 11) is 0. The molecule has 200 valence electrons. The lowest BCUT2D eigenvalue weighted by molar-refractivity contribution is 0.454. The van der Waals surface area contributed by atoms with Gasteiger partial charge in [0.05, 0.1) is 39.8 Å². The molecule has 0 saturated carbocycles. The zero-order valence-electron chi connectivity index (χ0n) is 21.4. The van der Waals surface area contributed by atoms with Gasteiger partial charge < -0.3 is 0 Å². The van der Waals surface area contributed by atoms with Crippen LogP contribution in [0.3, 0.4) is 0 Å². The van der Waals surface area contributed by atoms with Crippen LogP contribution in [-0.2, 0) is 0 Å². The SMILES string of the molecule is N#Cc1ccc(-c2ccc3c4c(c(-c5ccc(-c6c(F)c(F)c(C#N)c(F)c6F)cc5)nc3c2)C=CC(=N)C4=N)cc1. The van der Waals surface area contributed by atoms with Crippen LogP contribution in [-0.4, -0.2) is 16.4 Å². The van der Waals surface area contributed by atoms with Crippen LogP contribution in [0.1, 0.15) is 22.3 Å². The van der Waals surface area contributed by atoms with E-state index >= 15 is 0 Å². The van der Waals surface area contributed by atoms with Crippen LogP contribution in [0.25, 0.3) is 50.5 Å². The van der Waals surface area contributed by atoms with E-state index in [1.807, 2.05) is 30.3 Å². The topological polar surface area (TPSA) is 108 Å². The van der Waals surface area contributed by atoms with Crippen molar-refractivity contribution in [1.29, 1.82) is 21.3 Å². The molecule has 9 heteroatoms. The lowest BCUT2D eigenvalue weighted by Crippen LogP contribution is -2.17. The van der Waals surface area contributed by atoms with E-state index in [0.717, 1.165) is 17.2 Å². The van der Waals surface area contributed by atoms with E-state index < -0.39 is 34.4 Å². The van der Waals surface area contributed by atoms with Crippen molar-refractivity contribution in [3.05, 3.63) is 118 Å². The molecule has 4 aromatic carbocycles. The molecule has 5 aromatic rings. The Labute approximate surface area is 236 Å². The van der Waals surface area contributed by atoms with Crippen molar-refractivity contribution in [3.63, 3.8) is 0 Å². The average Bonchev–Trinajstić information content (AvgIpc) is 3.02. The molecule has 1 heterocycles. The Morgan fingerprint density at radius 2 is 1.21 bits per heavy atom. The summed E-state index contributed by atoms with van der Waals surface area (Å²) in [6.07, 6.45) is 3.15. The van der Waals surface area contributed by atoms with Gasteiger partial charge in [-0.1, -0.05) is 48.5 Å². The lowest BCUT2D eigenvalue weighted by Gasteiger charge is -2.19. The Morgan fingerprint density at radius 1 is 0.619 bits per heavy atom. The third-order valence-electron chi connectivity index (χ3n) is 7.13. The van der Waals surface area contributed by atoms with Crippen molar-refractivity contribution >= 4 is 28.4 Å². The molecule has 1 aliphatic rings. The molecule has 0 radical (unpaired) electrons. The van der Waals surface area contributed by atoms with Crippen molar-refractivity contribution in [2.75, 3.05) is 0 Å². The quantitative estimate of drug-likeness (QED) is 0.174. The van der Waals surface area contributed by atoms with E-state index in [2.05, 4.69) is 6.07 Å². The zero-order chi connectivity index (χ0) is 29.7. The molecule has 2 N–H and O–H groups in total. The van der Waals surface area contributed by atoms with Crippen LogP contribution in [0.5, 0.6) is 0 Å². The van der Waals surface area contributed by atoms with Crippen LogP contribution in [0, 0.1) is 56.7 Å². The van der Waals surface area contributed by atoms with Gasteiger partial charge in [-0.3, -0.25) is 10.8 Å². The van der Waals surface area contributed by atoms with Crippen molar-refractivity contribution in [3.8, 4) is 45.6 Å². The van der Waals surface area contributed by atoms with E-state index in [4.69, 9.17) is 26.3 Å². The third-order valence-corrected chi connectivity index (χ3v) is 7.13. The Morgan fingerprint density at radius 3 is 1.83 bits per heavy atom. The Bertz CT molecular complexity index is 2090. The van der Waals surface area contributed by atoms with Gasteiger partial charge in [-0.15, -0.1) is 0 Å². The minimum atomic E-state index is -1.77. The fourth-order valence-electron chi connectivity index (χ4n) is 5.01. The number of aromatic nitrogens is 1. The smallest absolute Gasteiger partial charge is 0.180 e. The summed E-state index contributed by atoms with van der Waals surface area (Å²) in [5, 5.41) is 35.5. The van der Waals surface area contributed by atoms with Gasteiger partial charge in [0.2, 0.25) is 0 Å². The molecule has 6 rings (SSSR count). The highest BCUT2D eigenvalue weighted by atomic mass is 19.2. The van der Waals surface area contributed by atoms with Crippen molar-refractivity contribution < 1.29 is 17.6 Å². The van der Waals surface area contributed by atoms with E-state index in [1.165, 1.54) is 30.3 Å². The minimum absolute atomic E-state index is 0.00318. The maximum absolute atomic E-state index is 14.7. The van der Waals surface area contributed by atoms with Crippen molar-refractivity contribution in [2.45, 2.75) is 0 Å². The maximum atomic E-state index is 14.7. The number of nitriles is 2. The number of hydrogen-bond donors (Lipinski definition) is 2. The molecular weight excluding hydrogens is 542 g/mol. The average molecular weight is 558 g/mol. The van der Waals surface area contributed by atoms with Gasteiger partial charge in [0.25, 0.3) is 0 Å². The first kappa shape index (κ1) is 26.3. The van der Waals surface area contributed by atoms with Crippen LogP contribution >= 0.6 is 0 Å². The fourth-order valence-corrected chi connectivity index (χ4v) is 5.01. The molecular formula is C33H15F4N5. The summed E-state index contributed by atoms with van der Waals surface area (Å²) in [6.45, 7) is 0. The summed E-state index contributed by atoms with van der Waals surface area (Å²) < 4.78 is 57.9. The zero-order valence-corrected chi connectivity index (χ0v) is 21.4. The van der Waals surface area contributed by atoms with E-state index in [0.29, 0.717) is 38.9 Å². The number of benzene rings is 4. The summed E-state index contributed by atoms with van der Waals surface area (Å²) >= 11 is 0. The molecule has 0 amide bonds. The number of rotatable bonds is 3. The van der Waals surface area contributed by atoms with Crippen molar-refractivity contribution in [2.24, 2.45) is 0 Å². The Hall–Kier alpha value is -5.93. The fraction of sp³-hybridized carbons (Fsp3) is 0. The standard InChI is InChI=1S/C33H15F4N5/c34-28-23(15-39)29(35)31(37)26(30(28)36)18-5-7-19(8-6-18)33-22-11-12-24(40)32(41)27(22)21-10-9-20(13-25(21)42-33)17-3-1-16(14-38)2-4-17/h1-13,40-41H. The molecule has 42 heavy (non-hydrogen) atoms. The molecule has 0 bridgehead atoms. The summed E-state index contributed by atoms with van der Waals surface area (Å²) in [5.74, 6) is -6.90. The van der Waals surface area contributed by atoms with Gasteiger partial charge >= 0.3 is 0 Å². The second kappa shape index (κ2) is 9.92. The molecule has 1 aromatic heterocycles. The monoisotopic (exact) mass is 557 g/mol. The number of pyridine rings is 1. The van der Waals surface area contributed by atoms with Gasteiger partial charge in [0, 0.05) is 22.1 Å². The van der Waals surface area contributed by atoms with Crippen LogP contribution in [0.15, 0.2) is 72.8 Å². The minimum Gasteiger partial charge on any atom is -0.299 e. The highest BCUT2D eigenvalue weighted by Crippen LogP contribution is 2.37. The van der Waals surface area contributed by atoms with E-state index in [1.54, 1.807) is 18.2 Å². The lowest BCUT2D eigenvalue weighted by atomic mass is 9.87. The van der Waals surface area contributed by atoms with E-state index in [9.17, 15) is 17.6 Å². The highest BCUT2D eigenvalue weighted by molar-refractivity contribution is 6.54. The number of fused-ring (bicyclic) bond motifs is 3. The van der Waals surface area contributed by atoms with Gasteiger partial charge in [0.1, 0.15) is 11.6 Å². The number of hydrogen-bond acceptors (Lipinski definition) is 5. The first-order chi connectivity index (χ1) is 20.2. The normalized spacial score (nSPS) is 12.2. The number of halogens is 4. The Balaban J connectivity index is 1.52. The largest absolute Gasteiger partial charge is 0.299 e. The summed E-state index contributed by atoms with van der Waals surface area (Å²) in [6, 6.07) is 21.3. The molecule has 1 aliphatic carbocycles. The second-order valence-electron chi connectivity index (χ2n) is 9.49. The first-order valence-electron chi connectivity index (χ1n) is 12.4. The van der Waals surface area contributed by atoms with Crippen LogP contribution in [0.4, 0.5) is 17.6 Å². The predicted octanol–water partition coefficient (Wildman–Crippen LogP) is 7.95. The predicted molar refractivity (Wildman–Crippen MR) is 151 cm³/mol. The summed E-state index contributed by atoms with van der Waals surface area (Å²) in [4.78, 5) is 4.85. The number of nitrogens with zero attached hydrogens (tertiary/aromatic N) is 3. The highest BCUT2D eigenvalue weighted by Gasteiger charge is 2.27. The van der Waals surface area contributed by atoms with Crippen molar-refractivity contribution in [1.82, 2.24) is 4.98 Å². The number of allylic oxidation sites excluding steroid dienone is 1. The second-order valence-corrected chi connectivity index (χ2v) is 9.49. The van der Waals surface area contributed by atoms with Gasteiger partial charge in [-0.2, -0.15) is 10.5 Å². The Kier molecular flexibility index (Phi) is 6.21. The van der Waals surface area contributed by atoms with Gasteiger partial charge in [-0.25, -0.2) is 22.5 Å². The first-order valence-corrected chi connectivity index (χ1v) is 12.4. The molecule has 0 aliphatic heterocycles. The molecule has 0 unspecified atom stereocenters. The van der Waals surface area contributed by atoms with Gasteiger partial charge in [0.15, 0.2) is 23.3 Å². The molecule has 5 nitrogen and oxygen atoms in total. The van der Waals surface area contributed by atoms with Gasteiger partial charge in [-0.05, 0) is 47.0 Å². The molecule has 0 fully saturated rings. The molecule has 0 spiro atoms.